The summed E-state index contributed by atoms with van der Waals surface area (Å²) in [7, 11) is -3.79. The van der Waals surface area contributed by atoms with E-state index in [-0.39, 0.29) is 17.4 Å². The third-order valence-electron chi connectivity index (χ3n) is 3.26. The fraction of sp³-hybridized carbons (Fsp3) is 0.188. The standard InChI is InChI=1S/C16H17ClN2O4S/c1-11(12-5-4-6-13(9-12)24(18,21)22)19-16(20)10-23-15-8-3-2-7-14(15)17/h2-9,11H,10H2,1H3,(H,19,20)(H2,18,21,22). The Hall–Kier alpha value is -2.09. The maximum absolute atomic E-state index is 12.0. The maximum atomic E-state index is 12.0. The second-order valence-electron chi connectivity index (χ2n) is 5.13. The number of carbonyl (C=O) groups is 1. The molecule has 6 nitrogen and oxygen atoms in total. The minimum absolute atomic E-state index is 0.00610. The molecule has 0 spiro atoms. The summed E-state index contributed by atoms with van der Waals surface area (Å²) in [4.78, 5) is 12.0. The summed E-state index contributed by atoms with van der Waals surface area (Å²) < 4.78 is 28.1. The highest BCUT2D eigenvalue weighted by atomic mass is 35.5. The fourth-order valence-electron chi connectivity index (χ4n) is 2.03. The largest absolute Gasteiger partial charge is 0.482 e. The zero-order chi connectivity index (χ0) is 17.7. The number of nitrogens with two attached hydrogens (primary N) is 1. The van der Waals surface area contributed by atoms with Gasteiger partial charge in [-0.1, -0.05) is 35.9 Å². The van der Waals surface area contributed by atoms with Crippen LogP contribution in [0.3, 0.4) is 0 Å². The summed E-state index contributed by atoms with van der Waals surface area (Å²) in [6, 6.07) is 12.5. The molecule has 0 aliphatic heterocycles. The molecule has 0 radical (unpaired) electrons. The minimum Gasteiger partial charge on any atom is -0.482 e. The first kappa shape index (κ1) is 18.3. The number of sulfonamides is 1. The predicted molar refractivity (Wildman–Crippen MR) is 91.3 cm³/mol. The number of benzene rings is 2. The van der Waals surface area contributed by atoms with Gasteiger partial charge in [0.2, 0.25) is 10.0 Å². The molecular weight excluding hydrogens is 352 g/mol. The van der Waals surface area contributed by atoms with Crippen LogP contribution in [-0.4, -0.2) is 20.9 Å². The molecule has 0 saturated heterocycles. The monoisotopic (exact) mass is 368 g/mol. The highest BCUT2D eigenvalue weighted by Gasteiger charge is 2.14. The Labute approximate surface area is 145 Å². The van der Waals surface area contributed by atoms with E-state index in [1.54, 1.807) is 43.3 Å². The van der Waals surface area contributed by atoms with E-state index in [1.807, 2.05) is 0 Å². The Morgan fingerprint density at radius 3 is 2.62 bits per heavy atom. The molecule has 2 aromatic carbocycles. The number of nitrogens with one attached hydrogen (secondary N) is 1. The number of hydrogen-bond donors (Lipinski definition) is 2. The van der Waals surface area contributed by atoms with Crippen molar-refractivity contribution in [2.24, 2.45) is 5.14 Å². The van der Waals surface area contributed by atoms with Crippen molar-refractivity contribution in [3.05, 3.63) is 59.1 Å². The topological polar surface area (TPSA) is 98.5 Å². The van der Waals surface area contributed by atoms with Crippen molar-refractivity contribution in [2.45, 2.75) is 17.9 Å². The minimum atomic E-state index is -3.79. The third kappa shape index (κ3) is 4.95. The van der Waals surface area contributed by atoms with Gasteiger partial charge in [-0.15, -0.1) is 0 Å². The molecule has 0 aromatic heterocycles. The van der Waals surface area contributed by atoms with Crippen LogP contribution >= 0.6 is 11.6 Å². The molecule has 0 heterocycles. The average Bonchev–Trinajstić information content (AvgIpc) is 2.53. The smallest absolute Gasteiger partial charge is 0.258 e. The van der Waals surface area contributed by atoms with Crippen molar-refractivity contribution in [3.63, 3.8) is 0 Å². The average molecular weight is 369 g/mol. The molecule has 2 rings (SSSR count). The summed E-state index contributed by atoms with van der Waals surface area (Å²) in [5.74, 6) is 0.0571. The van der Waals surface area contributed by atoms with E-state index >= 15 is 0 Å². The summed E-state index contributed by atoms with van der Waals surface area (Å²) in [6.07, 6.45) is 0. The molecule has 2 aromatic rings. The van der Waals surface area contributed by atoms with E-state index in [4.69, 9.17) is 21.5 Å². The number of hydrogen-bond acceptors (Lipinski definition) is 4. The van der Waals surface area contributed by atoms with Gasteiger partial charge in [0.1, 0.15) is 5.75 Å². The first-order chi connectivity index (χ1) is 11.3. The van der Waals surface area contributed by atoms with Crippen molar-refractivity contribution >= 4 is 27.5 Å². The van der Waals surface area contributed by atoms with Gasteiger partial charge in [-0.3, -0.25) is 4.79 Å². The van der Waals surface area contributed by atoms with Gasteiger partial charge in [-0.25, -0.2) is 13.6 Å². The lowest BCUT2D eigenvalue weighted by Gasteiger charge is -2.15. The van der Waals surface area contributed by atoms with E-state index < -0.39 is 16.1 Å². The highest BCUT2D eigenvalue weighted by molar-refractivity contribution is 7.89. The van der Waals surface area contributed by atoms with E-state index in [0.717, 1.165) is 0 Å². The second kappa shape index (κ2) is 7.65. The number of para-hydroxylation sites is 1. The van der Waals surface area contributed by atoms with Crippen molar-refractivity contribution < 1.29 is 17.9 Å². The van der Waals surface area contributed by atoms with Gasteiger partial charge < -0.3 is 10.1 Å². The van der Waals surface area contributed by atoms with E-state index in [2.05, 4.69) is 5.32 Å². The number of ether oxygens (including phenoxy) is 1. The second-order valence-corrected chi connectivity index (χ2v) is 7.09. The molecule has 0 bridgehead atoms. The Balaban J connectivity index is 1.98. The fourth-order valence-corrected chi connectivity index (χ4v) is 2.79. The predicted octanol–water partition coefficient (Wildman–Crippen LogP) is 2.24. The van der Waals surface area contributed by atoms with Crippen molar-refractivity contribution in [3.8, 4) is 5.75 Å². The quantitative estimate of drug-likeness (QED) is 0.816. The van der Waals surface area contributed by atoms with Crippen molar-refractivity contribution in [1.82, 2.24) is 5.32 Å². The highest BCUT2D eigenvalue weighted by Crippen LogP contribution is 2.23. The molecule has 1 amide bonds. The van der Waals surface area contributed by atoms with Crippen LogP contribution in [0, 0.1) is 0 Å². The molecule has 128 valence electrons. The normalized spacial score (nSPS) is 12.5. The molecule has 8 heteroatoms. The lowest BCUT2D eigenvalue weighted by atomic mass is 10.1. The molecule has 0 aliphatic carbocycles. The van der Waals surface area contributed by atoms with Crippen LogP contribution in [0.15, 0.2) is 53.4 Å². The molecular formula is C16H17ClN2O4S. The first-order valence-electron chi connectivity index (χ1n) is 7.07. The van der Waals surface area contributed by atoms with Gasteiger partial charge in [0.05, 0.1) is 16.0 Å². The molecule has 0 aliphatic rings. The van der Waals surface area contributed by atoms with Crippen molar-refractivity contribution in [1.29, 1.82) is 0 Å². The number of primary sulfonamides is 1. The third-order valence-corrected chi connectivity index (χ3v) is 4.48. The first-order valence-corrected chi connectivity index (χ1v) is 8.99. The van der Waals surface area contributed by atoms with E-state index in [0.29, 0.717) is 16.3 Å². The van der Waals surface area contributed by atoms with Gasteiger partial charge in [-0.2, -0.15) is 0 Å². The van der Waals surface area contributed by atoms with Crippen LogP contribution in [0.4, 0.5) is 0 Å². The number of amides is 1. The molecule has 24 heavy (non-hydrogen) atoms. The summed E-state index contributed by atoms with van der Waals surface area (Å²) in [6.45, 7) is 1.53. The summed E-state index contributed by atoms with van der Waals surface area (Å²) in [5, 5.41) is 8.24. The SMILES string of the molecule is CC(NC(=O)COc1ccccc1Cl)c1cccc(S(N)(=O)=O)c1. The summed E-state index contributed by atoms with van der Waals surface area (Å²) in [5.41, 5.74) is 0.618. The van der Waals surface area contributed by atoms with Crippen LogP contribution in [0.2, 0.25) is 5.02 Å². The van der Waals surface area contributed by atoms with Crippen molar-refractivity contribution in [2.75, 3.05) is 6.61 Å². The van der Waals surface area contributed by atoms with Crippen LogP contribution in [0.5, 0.6) is 5.75 Å². The maximum Gasteiger partial charge on any atom is 0.258 e. The van der Waals surface area contributed by atoms with Crippen LogP contribution in [0.25, 0.3) is 0 Å². The molecule has 0 fully saturated rings. The van der Waals surface area contributed by atoms with Gasteiger partial charge >= 0.3 is 0 Å². The van der Waals surface area contributed by atoms with Gasteiger partial charge in [0.25, 0.3) is 5.91 Å². The Morgan fingerprint density at radius 2 is 1.96 bits per heavy atom. The van der Waals surface area contributed by atoms with Crippen LogP contribution < -0.4 is 15.2 Å². The zero-order valence-corrected chi connectivity index (χ0v) is 14.5. The molecule has 0 saturated carbocycles. The lowest BCUT2D eigenvalue weighted by molar-refractivity contribution is -0.123. The number of rotatable bonds is 6. The van der Waals surface area contributed by atoms with E-state index in [9.17, 15) is 13.2 Å². The Bertz CT molecular complexity index is 839. The number of carbonyl (C=O) groups excluding carboxylic acids is 1. The van der Waals surface area contributed by atoms with Gasteiger partial charge in [-0.05, 0) is 36.8 Å². The van der Waals surface area contributed by atoms with E-state index in [1.165, 1.54) is 12.1 Å². The summed E-state index contributed by atoms with van der Waals surface area (Å²) >= 11 is 5.94. The number of halogens is 1. The van der Waals surface area contributed by atoms with Crippen LogP contribution in [-0.2, 0) is 14.8 Å². The Morgan fingerprint density at radius 1 is 1.25 bits per heavy atom. The van der Waals surface area contributed by atoms with Gasteiger partial charge in [0, 0.05) is 0 Å². The lowest BCUT2D eigenvalue weighted by Crippen LogP contribution is -2.31. The molecule has 3 N–H and O–H groups in total. The van der Waals surface area contributed by atoms with Crippen LogP contribution in [0.1, 0.15) is 18.5 Å². The Kier molecular flexibility index (Phi) is 5.82. The molecule has 1 unspecified atom stereocenters. The van der Waals surface area contributed by atoms with Gasteiger partial charge in [0.15, 0.2) is 6.61 Å². The zero-order valence-electron chi connectivity index (χ0n) is 12.9. The molecule has 1 atom stereocenters.